The van der Waals surface area contributed by atoms with Gasteiger partial charge >= 0.3 is 0 Å². The van der Waals surface area contributed by atoms with Crippen LogP contribution >= 0.6 is 0 Å². The van der Waals surface area contributed by atoms with Crippen LogP contribution in [-0.2, 0) is 16.4 Å². The highest BCUT2D eigenvalue weighted by Crippen LogP contribution is 2.19. The zero-order valence-corrected chi connectivity index (χ0v) is 13.7. The first-order valence-corrected chi connectivity index (χ1v) is 9.31. The Bertz CT molecular complexity index is 782. The number of amides is 1. The molecule has 0 spiro atoms. The lowest BCUT2D eigenvalue weighted by molar-refractivity contribution is 0.0747. The number of carbonyl (C=O) groups is 1. The maximum absolute atomic E-state index is 12.5. The van der Waals surface area contributed by atoms with Gasteiger partial charge in [-0.2, -0.15) is 5.10 Å². The first-order valence-electron chi connectivity index (χ1n) is 7.48. The van der Waals surface area contributed by atoms with Crippen molar-refractivity contribution in [3.63, 3.8) is 0 Å². The van der Waals surface area contributed by atoms with Crippen molar-refractivity contribution in [2.75, 3.05) is 18.6 Å². The second-order valence-corrected chi connectivity index (χ2v) is 8.10. The SMILES string of the molecule is CN(C(=O)c1ccc(Cn2cccn2)cc1)[C@@H]1CCS(=O)(=O)C1. The minimum Gasteiger partial charge on any atom is -0.338 e. The largest absolute Gasteiger partial charge is 0.338 e. The van der Waals surface area contributed by atoms with Crippen LogP contribution in [0.2, 0.25) is 0 Å². The topological polar surface area (TPSA) is 72.3 Å². The van der Waals surface area contributed by atoms with Crippen LogP contribution in [0.15, 0.2) is 42.7 Å². The zero-order chi connectivity index (χ0) is 16.4. The normalized spacial score (nSPS) is 19.6. The van der Waals surface area contributed by atoms with Gasteiger partial charge in [0.2, 0.25) is 0 Å². The minimum atomic E-state index is -3.00. The van der Waals surface area contributed by atoms with E-state index in [1.54, 1.807) is 30.3 Å². The highest BCUT2D eigenvalue weighted by Gasteiger charge is 2.32. The molecule has 2 aromatic rings. The summed E-state index contributed by atoms with van der Waals surface area (Å²) in [6, 6.07) is 8.99. The lowest BCUT2D eigenvalue weighted by atomic mass is 10.1. The Balaban J connectivity index is 1.68. The van der Waals surface area contributed by atoms with Crippen LogP contribution in [0.5, 0.6) is 0 Å². The number of hydrogen-bond donors (Lipinski definition) is 0. The number of nitrogens with zero attached hydrogens (tertiary/aromatic N) is 3. The monoisotopic (exact) mass is 333 g/mol. The number of aromatic nitrogens is 2. The van der Waals surface area contributed by atoms with Gasteiger partial charge in [-0.1, -0.05) is 12.1 Å². The van der Waals surface area contributed by atoms with Gasteiger partial charge in [0, 0.05) is 31.0 Å². The van der Waals surface area contributed by atoms with Gasteiger partial charge in [0.25, 0.3) is 5.91 Å². The maximum Gasteiger partial charge on any atom is 0.253 e. The molecule has 1 aliphatic heterocycles. The quantitative estimate of drug-likeness (QED) is 0.842. The van der Waals surface area contributed by atoms with Gasteiger partial charge in [-0.15, -0.1) is 0 Å². The van der Waals surface area contributed by atoms with E-state index in [4.69, 9.17) is 0 Å². The van der Waals surface area contributed by atoms with E-state index in [1.807, 2.05) is 29.1 Å². The molecule has 1 aromatic heterocycles. The second-order valence-electron chi connectivity index (χ2n) is 5.87. The minimum absolute atomic E-state index is 0.0621. The van der Waals surface area contributed by atoms with E-state index in [2.05, 4.69) is 5.10 Å². The predicted molar refractivity (Wildman–Crippen MR) is 86.9 cm³/mol. The summed E-state index contributed by atoms with van der Waals surface area (Å²) in [5, 5.41) is 4.15. The predicted octanol–water partition coefficient (Wildman–Crippen LogP) is 1.19. The van der Waals surface area contributed by atoms with E-state index in [0.29, 0.717) is 18.5 Å². The Hall–Kier alpha value is -2.15. The summed E-state index contributed by atoms with van der Waals surface area (Å²) in [4.78, 5) is 14.0. The first kappa shape index (κ1) is 15.7. The van der Waals surface area contributed by atoms with Crippen molar-refractivity contribution in [3.8, 4) is 0 Å². The van der Waals surface area contributed by atoms with E-state index in [9.17, 15) is 13.2 Å². The molecule has 1 saturated heterocycles. The van der Waals surface area contributed by atoms with Crippen LogP contribution in [0.25, 0.3) is 0 Å². The van der Waals surface area contributed by atoms with E-state index in [0.717, 1.165) is 5.56 Å². The van der Waals surface area contributed by atoms with E-state index < -0.39 is 9.84 Å². The van der Waals surface area contributed by atoms with Gasteiger partial charge in [-0.3, -0.25) is 9.48 Å². The Labute approximate surface area is 135 Å². The average Bonchev–Trinajstić information content (AvgIpc) is 3.16. The van der Waals surface area contributed by atoms with Crippen LogP contribution in [0, 0.1) is 0 Å². The first-order chi connectivity index (χ1) is 10.9. The van der Waals surface area contributed by atoms with Crippen molar-refractivity contribution in [2.45, 2.75) is 19.0 Å². The summed E-state index contributed by atoms with van der Waals surface area (Å²) in [5.74, 6) is 0.0859. The van der Waals surface area contributed by atoms with Crippen molar-refractivity contribution in [3.05, 3.63) is 53.9 Å². The Kier molecular flexibility index (Phi) is 4.21. The van der Waals surface area contributed by atoms with E-state index in [1.165, 1.54) is 0 Å². The molecule has 122 valence electrons. The van der Waals surface area contributed by atoms with Crippen molar-refractivity contribution < 1.29 is 13.2 Å². The number of sulfone groups is 1. The molecule has 1 atom stereocenters. The highest BCUT2D eigenvalue weighted by atomic mass is 32.2. The lowest BCUT2D eigenvalue weighted by Crippen LogP contribution is -2.37. The van der Waals surface area contributed by atoms with Crippen molar-refractivity contribution in [2.24, 2.45) is 0 Å². The second kappa shape index (κ2) is 6.16. The molecule has 7 heteroatoms. The molecule has 0 saturated carbocycles. The maximum atomic E-state index is 12.5. The Morgan fingerprint density at radius 1 is 1.35 bits per heavy atom. The zero-order valence-electron chi connectivity index (χ0n) is 12.9. The number of benzene rings is 1. The lowest BCUT2D eigenvalue weighted by Gasteiger charge is -2.23. The molecule has 1 amide bonds. The molecule has 2 heterocycles. The summed E-state index contributed by atoms with van der Waals surface area (Å²) in [6.07, 6.45) is 4.12. The fourth-order valence-corrected chi connectivity index (χ4v) is 4.56. The van der Waals surface area contributed by atoms with Gasteiger partial charge in [0.1, 0.15) is 0 Å². The summed E-state index contributed by atoms with van der Waals surface area (Å²) >= 11 is 0. The molecule has 0 bridgehead atoms. The number of carbonyl (C=O) groups excluding carboxylic acids is 1. The summed E-state index contributed by atoms with van der Waals surface area (Å²) < 4.78 is 24.9. The average molecular weight is 333 g/mol. The standard InChI is InChI=1S/C16H19N3O3S/c1-18(15-7-10-23(21,22)12-15)16(20)14-5-3-13(4-6-14)11-19-9-2-8-17-19/h2-6,8-9,15H,7,10-12H2,1H3/t15-/m1/s1. The molecule has 1 aliphatic rings. The smallest absolute Gasteiger partial charge is 0.253 e. The summed E-state index contributed by atoms with van der Waals surface area (Å²) in [7, 11) is -1.32. The molecular weight excluding hydrogens is 314 g/mol. The highest BCUT2D eigenvalue weighted by molar-refractivity contribution is 7.91. The molecule has 6 nitrogen and oxygen atoms in total. The van der Waals surface area contributed by atoms with Gasteiger partial charge in [-0.05, 0) is 30.2 Å². The molecule has 23 heavy (non-hydrogen) atoms. The summed E-state index contributed by atoms with van der Waals surface area (Å²) in [6.45, 7) is 0.651. The van der Waals surface area contributed by atoms with Gasteiger partial charge in [0.15, 0.2) is 9.84 Å². The molecule has 0 radical (unpaired) electrons. The van der Waals surface area contributed by atoms with Crippen LogP contribution in [0.1, 0.15) is 22.3 Å². The fraction of sp³-hybridized carbons (Fsp3) is 0.375. The number of rotatable bonds is 4. The van der Waals surface area contributed by atoms with Gasteiger partial charge < -0.3 is 4.90 Å². The van der Waals surface area contributed by atoms with Gasteiger partial charge in [0.05, 0.1) is 18.1 Å². The summed E-state index contributed by atoms with van der Waals surface area (Å²) in [5.41, 5.74) is 1.62. The third kappa shape index (κ3) is 3.61. The third-order valence-corrected chi connectivity index (χ3v) is 5.93. The van der Waals surface area contributed by atoms with Crippen molar-refractivity contribution >= 4 is 15.7 Å². The number of hydrogen-bond acceptors (Lipinski definition) is 4. The van der Waals surface area contributed by atoms with E-state index >= 15 is 0 Å². The van der Waals surface area contributed by atoms with Crippen LogP contribution < -0.4 is 0 Å². The third-order valence-electron chi connectivity index (χ3n) is 4.18. The molecule has 1 fully saturated rings. The molecule has 0 N–H and O–H groups in total. The van der Waals surface area contributed by atoms with Crippen molar-refractivity contribution in [1.82, 2.24) is 14.7 Å². The fourth-order valence-electron chi connectivity index (χ4n) is 2.78. The van der Waals surface area contributed by atoms with Crippen molar-refractivity contribution in [1.29, 1.82) is 0 Å². The molecule has 0 unspecified atom stereocenters. The van der Waals surface area contributed by atoms with Crippen LogP contribution in [0.3, 0.4) is 0 Å². The van der Waals surface area contributed by atoms with Crippen LogP contribution in [-0.4, -0.2) is 53.6 Å². The molecule has 1 aromatic carbocycles. The van der Waals surface area contributed by atoms with Crippen LogP contribution in [0.4, 0.5) is 0 Å². The Morgan fingerprint density at radius 2 is 2.09 bits per heavy atom. The molecule has 3 rings (SSSR count). The molecular formula is C16H19N3O3S. The molecule has 0 aliphatic carbocycles. The Morgan fingerprint density at radius 3 is 2.65 bits per heavy atom. The van der Waals surface area contributed by atoms with Gasteiger partial charge in [-0.25, -0.2) is 8.42 Å². The van der Waals surface area contributed by atoms with E-state index in [-0.39, 0.29) is 23.5 Å².